The summed E-state index contributed by atoms with van der Waals surface area (Å²) in [4.78, 5) is 11.6. The normalized spacial score (nSPS) is 14.7. The molecule has 1 aromatic heterocycles. The Labute approximate surface area is 119 Å². The lowest BCUT2D eigenvalue weighted by molar-refractivity contribution is -0.118. The second-order valence-electron chi connectivity index (χ2n) is 5.33. The van der Waals surface area contributed by atoms with Gasteiger partial charge < -0.3 is 5.32 Å². The van der Waals surface area contributed by atoms with Crippen molar-refractivity contribution in [2.24, 2.45) is 5.92 Å². The van der Waals surface area contributed by atoms with E-state index in [2.05, 4.69) is 24.3 Å². The molecule has 0 unspecified atom stereocenters. The average molecular weight is 281 g/mol. The van der Waals surface area contributed by atoms with E-state index in [1.54, 1.807) is 11.8 Å². The molecule has 106 valence electrons. The highest BCUT2D eigenvalue weighted by Gasteiger charge is 2.21. The lowest BCUT2D eigenvalue weighted by atomic mass is 10.2. The minimum Gasteiger partial charge on any atom is -0.354 e. The summed E-state index contributed by atoms with van der Waals surface area (Å²) in [5, 5.41) is 7.42. The highest BCUT2D eigenvalue weighted by molar-refractivity contribution is 7.99. The number of carbonyl (C=O) groups excluding carboxylic acids is 1. The first kappa shape index (κ1) is 14.4. The monoisotopic (exact) mass is 281 g/mol. The van der Waals surface area contributed by atoms with Crippen LogP contribution in [-0.4, -0.2) is 33.7 Å². The van der Waals surface area contributed by atoms with Gasteiger partial charge in [0.1, 0.15) is 0 Å². The van der Waals surface area contributed by atoms with Crippen molar-refractivity contribution in [1.82, 2.24) is 15.1 Å². The van der Waals surface area contributed by atoms with Crippen molar-refractivity contribution in [2.45, 2.75) is 40.2 Å². The Morgan fingerprint density at radius 2 is 2.16 bits per heavy atom. The first-order chi connectivity index (χ1) is 9.08. The van der Waals surface area contributed by atoms with Crippen LogP contribution in [0.4, 0.5) is 0 Å². The van der Waals surface area contributed by atoms with Crippen molar-refractivity contribution < 1.29 is 4.79 Å². The summed E-state index contributed by atoms with van der Waals surface area (Å²) in [6.07, 6.45) is 2.71. The SMILES string of the molecule is Cc1nn(CCNC(=O)CSCC2CC2)c(C)c1C. The predicted molar refractivity (Wildman–Crippen MR) is 79.5 cm³/mol. The molecule has 0 aromatic carbocycles. The molecular formula is C14H23N3OS. The minimum atomic E-state index is 0.143. The van der Waals surface area contributed by atoms with Crippen LogP contribution in [0.25, 0.3) is 0 Å². The number of aryl methyl sites for hydroxylation is 1. The Kier molecular flexibility index (Phi) is 4.91. The predicted octanol–water partition coefficient (Wildman–Crippen LogP) is 2.07. The largest absolute Gasteiger partial charge is 0.354 e. The Morgan fingerprint density at radius 3 is 2.74 bits per heavy atom. The minimum absolute atomic E-state index is 0.143. The van der Waals surface area contributed by atoms with Gasteiger partial charge in [0.05, 0.1) is 18.0 Å². The summed E-state index contributed by atoms with van der Waals surface area (Å²) in [6, 6.07) is 0. The second-order valence-corrected chi connectivity index (χ2v) is 6.36. The third kappa shape index (κ3) is 4.27. The molecule has 1 aliphatic carbocycles. The molecule has 0 radical (unpaired) electrons. The third-order valence-corrected chi connectivity index (χ3v) is 4.85. The van der Waals surface area contributed by atoms with Crippen molar-refractivity contribution >= 4 is 17.7 Å². The molecule has 0 bridgehead atoms. The Hall–Kier alpha value is -0.970. The van der Waals surface area contributed by atoms with Crippen molar-refractivity contribution in [2.75, 3.05) is 18.1 Å². The summed E-state index contributed by atoms with van der Waals surface area (Å²) in [7, 11) is 0. The van der Waals surface area contributed by atoms with Gasteiger partial charge in [0.25, 0.3) is 0 Å². The highest BCUT2D eigenvalue weighted by Crippen LogP contribution is 2.32. The van der Waals surface area contributed by atoms with E-state index < -0.39 is 0 Å². The highest BCUT2D eigenvalue weighted by atomic mass is 32.2. The number of hydrogen-bond acceptors (Lipinski definition) is 3. The zero-order valence-electron chi connectivity index (χ0n) is 12.0. The lowest BCUT2D eigenvalue weighted by Gasteiger charge is -2.07. The quantitative estimate of drug-likeness (QED) is 0.832. The maximum atomic E-state index is 11.6. The molecule has 1 saturated carbocycles. The number of hydrogen-bond donors (Lipinski definition) is 1. The molecule has 1 amide bonds. The van der Waals surface area contributed by atoms with Crippen LogP contribution in [0.5, 0.6) is 0 Å². The number of nitrogens with one attached hydrogen (secondary N) is 1. The molecule has 1 aliphatic rings. The Balaban J connectivity index is 1.64. The fourth-order valence-electron chi connectivity index (χ4n) is 1.96. The topological polar surface area (TPSA) is 46.9 Å². The van der Waals surface area contributed by atoms with E-state index in [0.717, 1.165) is 23.9 Å². The number of carbonyl (C=O) groups is 1. The molecule has 1 heterocycles. The molecule has 1 fully saturated rings. The van der Waals surface area contributed by atoms with Crippen LogP contribution in [0, 0.1) is 26.7 Å². The van der Waals surface area contributed by atoms with Gasteiger partial charge in [-0.1, -0.05) is 0 Å². The van der Waals surface area contributed by atoms with Gasteiger partial charge in [0.15, 0.2) is 0 Å². The average Bonchev–Trinajstić information content (AvgIpc) is 3.15. The van der Waals surface area contributed by atoms with Gasteiger partial charge in [-0.15, -0.1) is 0 Å². The zero-order valence-corrected chi connectivity index (χ0v) is 12.8. The molecule has 0 spiro atoms. The van der Waals surface area contributed by atoms with E-state index in [1.807, 2.05) is 11.6 Å². The standard InChI is InChI=1S/C14H23N3OS/c1-10-11(2)16-17(12(10)3)7-6-15-14(18)9-19-8-13-4-5-13/h13H,4-9H2,1-3H3,(H,15,18). The smallest absolute Gasteiger partial charge is 0.230 e. The van der Waals surface area contributed by atoms with Crippen LogP contribution < -0.4 is 5.32 Å². The Morgan fingerprint density at radius 1 is 1.42 bits per heavy atom. The van der Waals surface area contributed by atoms with Crippen LogP contribution >= 0.6 is 11.8 Å². The summed E-state index contributed by atoms with van der Waals surface area (Å²) >= 11 is 1.75. The van der Waals surface area contributed by atoms with Crippen LogP contribution in [0.15, 0.2) is 0 Å². The van der Waals surface area contributed by atoms with E-state index in [4.69, 9.17) is 0 Å². The summed E-state index contributed by atoms with van der Waals surface area (Å²) in [5.41, 5.74) is 3.50. The van der Waals surface area contributed by atoms with Crippen molar-refractivity contribution in [3.8, 4) is 0 Å². The third-order valence-electron chi connectivity index (χ3n) is 3.67. The van der Waals surface area contributed by atoms with Crippen molar-refractivity contribution in [1.29, 1.82) is 0 Å². The van der Waals surface area contributed by atoms with Gasteiger partial charge in [-0.3, -0.25) is 9.48 Å². The lowest BCUT2D eigenvalue weighted by Crippen LogP contribution is -2.29. The number of aromatic nitrogens is 2. The molecule has 0 atom stereocenters. The molecule has 19 heavy (non-hydrogen) atoms. The molecule has 1 N–H and O–H groups in total. The first-order valence-electron chi connectivity index (χ1n) is 6.93. The molecule has 5 heteroatoms. The van der Waals surface area contributed by atoms with E-state index in [-0.39, 0.29) is 5.91 Å². The fraction of sp³-hybridized carbons (Fsp3) is 0.714. The first-order valence-corrected chi connectivity index (χ1v) is 8.08. The van der Waals surface area contributed by atoms with E-state index >= 15 is 0 Å². The second kappa shape index (κ2) is 6.46. The molecule has 2 rings (SSSR count). The van der Waals surface area contributed by atoms with Crippen LogP contribution in [0.2, 0.25) is 0 Å². The maximum absolute atomic E-state index is 11.6. The zero-order chi connectivity index (χ0) is 13.8. The van der Waals surface area contributed by atoms with Crippen molar-refractivity contribution in [3.63, 3.8) is 0 Å². The Bertz CT molecular complexity index is 452. The maximum Gasteiger partial charge on any atom is 0.230 e. The molecule has 0 aliphatic heterocycles. The van der Waals surface area contributed by atoms with Gasteiger partial charge in [0, 0.05) is 12.2 Å². The van der Waals surface area contributed by atoms with Gasteiger partial charge in [-0.2, -0.15) is 16.9 Å². The van der Waals surface area contributed by atoms with Crippen LogP contribution in [0.3, 0.4) is 0 Å². The van der Waals surface area contributed by atoms with Crippen LogP contribution in [-0.2, 0) is 11.3 Å². The van der Waals surface area contributed by atoms with Crippen molar-refractivity contribution in [3.05, 3.63) is 17.0 Å². The summed E-state index contributed by atoms with van der Waals surface area (Å²) < 4.78 is 1.97. The van der Waals surface area contributed by atoms with E-state index in [1.165, 1.54) is 24.1 Å². The molecule has 1 aromatic rings. The molecular weight excluding hydrogens is 258 g/mol. The summed E-state index contributed by atoms with van der Waals surface area (Å²) in [5.74, 6) is 2.76. The number of thioether (sulfide) groups is 1. The van der Waals surface area contributed by atoms with E-state index in [0.29, 0.717) is 12.3 Å². The number of nitrogens with zero attached hydrogens (tertiary/aromatic N) is 2. The van der Waals surface area contributed by atoms with Gasteiger partial charge in [-0.25, -0.2) is 0 Å². The number of amides is 1. The van der Waals surface area contributed by atoms with Gasteiger partial charge in [0.2, 0.25) is 5.91 Å². The molecule has 4 nitrogen and oxygen atoms in total. The number of rotatable bonds is 7. The van der Waals surface area contributed by atoms with Gasteiger partial charge in [-0.05, 0) is 50.8 Å². The molecule has 0 saturated heterocycles. The fourth-order valence-corrected chi connectivity index (χ4v) is 3.03. The summed E-state index contributed by atoms with van der Waals surface area (Å²) in [6.45, 7) is 7.58. The van der Waals surface area contributed by atoms with Gasteiger partial charge >= 0.3 is 0 Å². The van der Waals surface area contributed by atoms with E-state index in [9.17, 15) is 4.79 Å². The van der Waals surface area contributed by atoms with Crippen LogP contribution in [0.1, 0.15) is 29.8 Å².